The molecule has 1 N–H and O–H groups in total. The van der Waals surface area contributed by atoms with Crippen molar-refractivity contribution in [2.24, 2.45) is 5.92 Å². The quantitative estimate of drug-likeness (QED) is 0.836. The fourth-order valence-corrected chi connectivity index (χ4v) is 1.96. The standard InChI is InChI=1S/C13H19N3O2/c1-3-6-16(8-10-4-5-10)13-14-9(2)7-11(15-13)12(17)18/h7,10H,3-6,8H2,1-2H3,(H,17,18). The molecule has 0 saturated heterocycles. The Hall–Kier alpha value is -1.65. The van der Waals surface area contributed by atoms with Gasteiger partial charge in [-0.2, -0.15) is 0 Å². The van der Waals surface area contributed by atoms with E-state index in [1.165, 1.54) is 18.9 Å². The van der Waals surface area contributed by atoms with Crippen LogP contribution in [0.2, 0.25) is 0 Å². The number of rotatable bonds is 6. The number of carboxylic acids is 1. The third-order valence-corrected chi connectivity index (χ3v) is 3.01. The van der Waals surface area contributed by atoms with Crippen LogP contribution < -0.4 is 4.90 Å². The molecule has 1 fully saturated rings. The van der Waals surface area contributed by atoms with Crippen molar-refractivity contribution < 1.29 is 9.90 Å². The minimum atomic E-state index is -0.996. The Labute approximate surface area is 107 Å². The average molecular weight is 249 g/mol. The molecule has 1 aliphatic rings. The number of hydrogen-bond donors (Lipinski definition) is 1. The second kappa shape index (κ2) is 5.33. The van der Waals surface area contributed by atoms with Crippen LogP contribution in [0.1, 0.15) is 42.4 Å². The highest BCUT2D eigenvalue weighted by molar-refractivity contribution is 5.85. The van der Waals surface area contributed by atoms with Gasteiger partial charge < -0.3 is 10.0 Å². The molecule has 5 heteroatoms. The van der Waals surface area contributed by atoms with Gasteiger partial charge >= 0.3 is 5.97 Å². The van der Waals surface area contributed by atoms with Crippen molar-refractivity contribution in [2.75, 3.05) is 18.0 Å². The molecular formula is C13H19N3O2. The van der Waals surface area contributed by atoms with Gasteiger partial charge in [-0.25, -0.2) is 14.8 Å². The Morgan fingerprint density at radius 1 is 1.50 bits per heavy atom. The summed E-state index contributed by atoms with van der Waals surface area (Å²) in [4.78, 5) is 21.6. The Balaban J connectivity index is 2.24. The third-order valence-electron chi connectivity index (χ3n) is 3.01. The zero-order valence-electron chi connectivity index (χ0n) is 10.9. The summed E-state index contributed by atoms with van der Waals surface area (Å²) in [5.74, 6) is 0.291. The van der Waals surface area contributed by atoms with Crippen molar-refractivity contribution in [3.8, 4) is 0 Å². The van der Waals surface area contributed by atoms with Crippen molar-refractivity contribution in [3.63, 3.8) is 0 Å². The lowest BCUT2D eigenvalue weighted by Gasteiger charge is -2.22. The molecule has 0 unspecified atom stereocenters. The van der Waals surface area contributed by atoms with Crippen LogP contribution in [0.4, 0.5) is 5.95 Å². The highest BCUT2D eigenvalue weighted by atomic mass is 16.4. The highest BCUT2D eigenvalue weighted by Gasteiger charge is 2.25. The Kier molecular flexibility index (Phi) is 3.79. The van der Waals surface area contributed by atoms with Crippen molar-refractivity contribution in [3.05, 3.63) is 17.5 Å². The van der Waals surface area contributed by atoms with Crippen LogP contribution in [0.15, 0.2) is 6.07 Å². The van der Waals surface area contributed by atoms with Crippen molar-refractivity contribution in [1.82, 2.24) is 9.97 Å². The maximum absolute atomic E-state index is 11.0. The van der Waals surface area contributed by atoms with Gasteiger partial charge in [-0.3, -0.25) is 0 Å². The molecule has 0 bridgehead atoms. The Morgan fingerprint density at radius 3 is 2.78 bits per heavy atom. The monoisotopic (exact) mass is 249 g/mol. The molecule has 1 aromatic rings. The molecule has 0 atom stereocenters. The fourth-order valence-electron chi connectivity index (χ4n) is 1.96. The summed E-state index contributed by atoms with van der Waals surface area (Å²) in [5.41, 5.74) is 0.781. The number of nitrogens with zero attached hydrogens (tertiary/aromatic N) is 3. The number of anilines is 1. The maximum atomic E-state index is 11.0. The molecule has 18 heavy (non-hydrogen) atoms. The van der Waals surface area contributed by atoms with Crippen molar-refractivity contribution in [1.29, 1.82) is 0 Å². The van der Waals surface area contributed by atoms with Gasteiger partial charge in [-0.05, 0) is 38.2 Å². The van der Waals surface area contributed by atoms with Crippen LogP contribution in [0.25, 0.3) is 0 Å². The first-order chi connectivity index (χ1) is 8.60. The van der Waals surface area contributed by atoms with Gasteiger partial charge in [0.25, 0.3) is 0 Å². The zero-order valence-corrected chi connectivity index (χ0v) is 10.9. The van der Waals surface area contributed by atoms with Crippen LogP contribution in [-0.2, 0) is 0 Å². The van der Waals surface area contributed by atoms with E-state index in [0.717, 1.165) is 25.4 Å². The van der Waals surface area contributed by atoms with Gasteiger partial charge in [-0.15, -0.1) is 0 Å². The normalized spacial score (nSPS) is 14.6. The topological polar surface area (TPSA) is 66.3 Å². The smallest absolute Gasteiger partial charge is 0.354 e. The van der Waals surface area contributed by atoms with E-state index in [1.54, 1.807) is 6.92 Å². The number of carbonyl (C=O) groups is 1. The van der Waals surface area contributed by atoms with Crippen LogP contribution in [0.3, 0.4) is 0 Å². The molecule has 98 valence electrons. The molecule has 0 aliphatic heterocycles. The third kappa shape index (κ3) is 3.18. The SMILES string of the molecule is CCCN(CC1CC1)c1nc(C)cc(C(=O)O)n1. The van der Waals surface area contributed by atoms with Crippen LogP contribution in [-0.4, -0.2) is 34.1 Å². The van der Waals surface area contributed by atoms with E-state index in [1.807, 2.05) is 0 Å². The van der Waals surface area contributed by atoms with Crippen molar-refractivity contribution in [2.45, 2.75) is 33.1 Å². The van der Waals surface area contributed by atoms with E-state index >= 15 is 0 Å². The predicted octanol–water partition coefficient (Wildman–Crippen LogP) is 2.11. The van der Waals surface area contributed by atoms with E-state index in [9.17, 15) is 4.79 Å². The van der Waals surface area contributed by atoms with Gasteiger partial charge in [0.05, 0.1) is 0 Å². The number of hydrogen-bond acceptors (Lipinski definition) is 4. The molecule has 5 nitrogen and oxygen atoms in total. The number of carboxylic acid groups (broad SMARTS) is 1. The molecule has 1 heterocycles. The lowest BCUT2D eigenvalue weighted by molar-refractivity contribution is 0.0690. The summed E-state index contributed by atoms with van der Waals surface area (Å²) in [6.45, 7) is 5.72. The van der Waals surface area contributed by atoms with Gasteiger partial charge in [0.2, 0.25) is 5.95 Å². The van der Waals surface area contributed by atoms with E-state index in [4.69, 9.17) is 5.11 Å². The number of aromatic carboxylic acids is 1. The van der Waals surface area contributed by atoms with Crippen molar-refractivity contribution >= 4 is 11.9 Å². The minimum Gasteiger partial charge on any atom is -0.477 e. The molecule has 2 rings (SSSR count). The first kappa shape index (κ1) is 12.8. The highest BCUT2D eigenvalue weighted by Crippen LogP contribution is 2.30. The van der Waals surface area contributed by atoms with E-state index < -0.39 is 5.97 Å². The second-order valence-electron chi connectivity index (χ2n) is 4.89. The van der Waals surface area contributed by atoms with Crippen LogP contribution in [0, 0.1) is 12.8 Å². The van der Waals surface area contributed by atoms with Crippen LogP contribution in [0.5, 0.6) is 0 Å². The predicted molar refractivity (Wildman–Crippen MR) is 69.0 cm³/mol. The molecule has 1 saturated carbocycles. The lowest BCUT2D eigenvalue weighted by Crippen LogP contribution is -2.29. The maximum Gasteiger partial charge on any atom is 0.354 e. The summed E-state index contributed by atoms with van der Waals surface area (Å²) in [6, 6.07) is 1.51. The summed E-state index contributed by atoms with van der Waals surface area (Å²) >= 11 is 0. The molecule has 1 aliphatic carbocycles. The second-order valence-corrected chi connectivity index (χ2v) is 4.89. The molecule has 1 aromatic heterocycles. The molecule has 0 amide bonds. The first-order valence-corrected chi connectivity index (χ1v) is 6.44. The van der Waals surface area contributed by atoms with Crippen LogP contribution >= 0.6 is 0 Å². The van der Waals surface area contributed by atoms with Gasteiger partial charge in [-0.1, -0.05) is 6.92 Å². The first-order valence-electron chi connectivity index (χ1n) is 6.44. The largest absolute Gasteiger partial charge is 0.477 e. The molecular weight excluding hydrogens is 230 g/mol. The Morgan fingerprint density at radius 2 is 2.22 bits per heavy atom. The summed E-state index contributed by atoms with van der Waals surface area (Å²) < 4.78 is 0. The lowest BCUT2D eigenvalue weighted by atomic mass is 10.3. The number of aryl methyl sites for hydroxylation is 1. The molecule has 0 spiro atoms. The average Bonchev–Trinajstić information content (AvgIpc) is 3.11. The molecule has 0 aromatic carbocycles. The Bertz CT molecular complexity index is 444. The summed E-state index contributed by atoms with van der Waals surface area (Å²) in [5, 5.41) is 9.03. The van der Waals surface area contributed by atoms with Gasteiger partial charge in [0.15, 0.2) is 5.69 Å². The zero-order chi connectivity index (χ0) is 13.1. The van der Waals surface area contributed by atoms with E-state index in [0.29, 0.717) is 11.6 Å². The molecule has 0 radical (unpaired) electrons. The minimum absolute atomic E-state index is 0.0781. The van der Waals surface area contributed by atoms with Gasteiger partial charge in [0.1, 0.15) is 0 Å². The van der Waals surface area contributed by atoms with E-state index in [-0.39, 0.29) is 5.69 Å². The number of aromatic nitrogens is 2. The summed E-state index contributed by atoms with van der Waals surface area (Å²) in [7, 11) is 0. The summed E-state index contributed by atoms with van der Waals surface area (Å²) in [6.07, 6.45) is 3.53. The fraction of sp³-hybridized carbons (Fsp3) is 0.615. The van der Waals surface area contributed by atoms with Gasteiger partial charge in [0, 0.05) is 18.8 Å². The van der Waals surface area contributed by atoms with E-state index in [2.05, 4.69) is 21.8 Å².